The molecule has 0 aliphatic rings. The fourth-order valence-corrected chi connectivity index (χ4v) is 5.60. The number of nitrogens with one attached hydrogen (secondary N) is 1. The van der Waals surface area contributed by atoms with E-state index in [-0.39, 0.29) is 29.6 Å². The van der Waals surface area contributed by atoms with Gasteiger partial charge in [0.15, 0.2) is 0 Å². The Kier molecular flexibility index (Phi) is 10.8. The van der Waals surface area contributed by atoms with Crippen LogP contribution in [0, 0.1) is 0 Å². The molecule has 0 spiro atoms. The highest BCUT2D eigenvalue weighted by atomic mass is 79.9. The van der Waals surface area contributed by atoms with E-state index >= 15 is 0 Å². The minimum absolute atomic E-state index is 0.107. The highest BCUT2D eigenvalue weighted by molar-refractivity contribution is 9.10. The maximum absolute atomic E-state index is 14.0. The Balaban J connectivity index is 2.05. The quantitative estimate of drug-likeness (QED) is 0.308. The Morgan fingerprint density at radius 1 is 0.974 bits per heavy atom. The number of anilines is 1. The number of carbonyl (C=O) groups excluding carboxylic acids is 2. The van der Waals surface area contributed by atoms with Gasteiger partial charge in [0.05, 0.1) is 17.0 Å². The first-order valence-electron chi connectivity index (χ1n) is 12.2. The molecule has 0 saturated heterocycles. The van der Waals surface area contributed by atoms with Crippen molar-refractivity contribution in [3.63, 3.8) is 0 Å². The molecule has 0 aromatic heterocycles. The van der Waals surface area contributed by atoms with E-state index in [9.17, 15) is 18.0 Å². The van der Waals surface area contributed by atoms with Gasteiger partial charge in [0.2, 0.25) is 21.8 Å². The molecule has 0 aliphatic carbocycles. The lowest BCUT2D eigenvalue weighted by molar-refractivity contribution is -0.140. The maximum Gasteiger partial charge on any atom is 0.244 e. The Morgan fingerprint density at radius 3 is 2.26 bits per heavy atom. The van der Waals surface area contributed by atoms with Crippen LogP contribution in [0.2, 0.25) is 5.02 Å². The fourth-order valence-electron chi connectivity index (χ4n) is 4.00. The topological polar surface area (TPSA) is 86.8 Å². The van der Waals surface area contributed by atoms with Crippen molar-refractivity contribution in [3.05, 3.63) is 99.5 Å². The van der Waals surface area contributed by atoms with Crippen LogP contribution < -0.4 is 9.62 Å². The van der Waals surface area contributed by atoms with E-state index in [0.29, 0.717) is 6.54 Å². The van der Waals surface area contributed by atoms with Gasteiger partial charge in [0.1, 0.15) is 12.6 Å². The lowest BCUT2D eigenvalue weighted by Crippen LogP contribution is -2.53. The van der Waals surface area contributed by atoms with Crippen molar-refractivity contribution >= 4 is 55.1 Å². The van der Waals surface area contributed by atoms with E-state index in [1.165, 1.54) is 4.90 Å². The number of halogens is 2. The molecule has 3 aromatic carbocycles. The lowest BCUT2D eigenvalue weighted by atomic mass is 10.0. The molecule has 10 heteroatoms. The zero-order valence-electron chi connectivity index (χ0n) is 21.3. The van der Waals surface area contributed by atoms with Crippen LogP contribution in [0.1, 0.15) is 24.5 Å². The summed E-state index contributed by atoms with van der Waals surface area (Å²) in [6.45, 7) is 2.00. The van der Waals surface area contributed by atoms with Crippen LogP contribution in [0.15, 0.2) is 83.3 Å². The van der Waals surface area contributed by atoms with Crippen molar-refractivity contribution in [2.45, 2.75) is 32.4 Å². The van der Waals surface area contributed by atoms with Gasteiger partial charge < -0.3 is 10.2 Å². The molecule has 1 atom stereocenters. The monoisotopic (exact) mass is 619 g/mol. The summed E-state index contributed by atoms with van der Waals surface area (Å²) >= 11 is 9.78. The van der Waals surface area contributed by atoms with E-state index in [1.54, 1.807) is 24.3 Å². The van der Waals surface area contributed by atoms with Crippen molar-refractivity contribution in [3.8, 4) is 0 Å². The summed E-state index contributed by atoms with van der Waals surface area (Å²) in [4.78, 5) is 28.9. The molecule has 1 unspecified atom stereocenters. The predicted octanol–water partition coefficient (Wildman–Crippen LogP) is 5.03. The van der Waals surface area contributed by atoms with Gasteiger partial charge in [0, 0.05) is 24.0 Å². The highest BCUT2D eigenvalue weighted by Gasteiger charge is 2.33. The molecule has 2 amide bonds. The number of rotatable bonds is 12. The lowest BCUT2D eigenvalue weighted by Gasteiger charge is -2.33. The van der Waals surface area contributed by atoms with Gasteiger partial charge >= 0.3 is 0 Å². The van der Waals surface area contributed by atoms with Gasteiger partial charge in [-0.15, -0.1) is 0 Å². The van der Waals surface area contributed by atoms with Crippen molar-refractivity contribution < 1.29 is 18.0 Å². The summed E-state index contributed by atoms with van der Waals surface area (Å²) in [7, 11) is -3.87. The molecule has 3 rings (SSSR count). The van der Waals surface area contributed by atoms with E-state index in [1.807, 2.05) is 61.5 Å². The summed E-state index contributed by atoms with van der Waals surface area (Å²) in [6.07, 6.45) is 2.02. The minimum Gasteiger partial charge on any atom is -0.354 e. The molecule has 7 nitrogen and oxygen atoms in total. The van der Waals surface area contributed by atoms with Gasteiger partial charge in [-0.05, 0) is 41.8 Å². The third-order valence-corrected chi connectivity index (χ3v) is 7.80. The predicted molar refractivity (Wildman–Crippen MR) is 156 cm³/mol. The molecule has 202 valence electrons. The van der Waals surface area contributed by atoms with Gasteiger partial charge in [-0.3, -0.25) is 13.9 Å². The van der Waals surface area contributed by atoms with Gasteiger partial charge in [-0.25, -0.2) is 8.42 Å². The third kappa shape index (κ3) is 8.31. The van der Waals surface area contributed by atoms with Gasteiger partial charge in [0.25, 0.3) is 0 Å². The van der Waals surface area contributed by atoms with Crippen LogP contribution in [0.25, 0.3) is 0 Å². The highest BCUT2D eigenvalue weighted by Crippen LogP contribution is 2.28. The molecule has 0 heterocycles. The van der Waals surface area contributed by atoms with Crippen LogP contribution in [0.3, 0.4) is 0 Å². The summed E-state index contributed by atoms with van der Waals surface area (Å²) in [5.74, 6) is -0.828. The van der Waals surface area contributed by atoms with Crippen LogP contribution >= 0.6 is 27.5 Å². The van der Waals surface area contributed by atoms with Crippen LogP contribution in [-0.2, 0) is 32.6 Å². The Labute approximate surface area is 238 Å². The first-order chi connectivity index (χ1) is 18.1. The number of sulfonamides is 1. The Morgan fingerprint density at radius 2 is 1.63 bits per heavy atom. The molecular formula is C28H31BrClN3O4S. The van der Waals surface area contributed by atoms with E-state index in [2.05, 4.69) is 21.2 Å². The first-order valence-corrected chi connectivity index (χ1v) is 15.2. The number of para-hydroxylation sites is 1. The number of nitrogens with zero attached hydrogens (tertiary/aromatic N) is 2. The zero-order valence-corrected chi connectivity index (χ0v) is 24.5. The molecular weight excluding hydrogens is 590 g/mol. The molecule has 0 radical (unpaired) electrons. The fraction of sp³-hybridized carbons (Fsp3) is 0.286. The summed E-state index contributed by atoms with van der Waals surface area (Å²) in [6, 6.07) is 22.4. The van der Waals surface area contributed by atoms with E-state index in [0.717, 1.165) is 32.6 Å². The van der Waals surface area contributed by atoms with Gasteiger partial charge in [-0.1, -0.05) is 89.1 Å². The average molecular weight is 621 g/mol. The second-order valence-corrected chi connectivity index (χ2v) is 12.1. The molecule has 3 aromatic rings. The van der Waals surface area contributed by atoms with Crippen molar-refractivity contribution in [2.75, 3.05) is 23.7 Å². The van der Waals surface area contributed by atoms with Crippen LogP contribution in [0.4, 0.5) is 5.69 Å². The van der Waals surface area contributed by atoms with Crippen LogP contribution in [0.5, 0.6) is 0 Å². The smallest absolute Gasteiger partial charge is 0.244 e. The van der Waals surface area contributed by atoms with E-state index in [4.69, 9.17) is 11.6 Å². The minimum atomic E-state index is -3.87. The second-order valence-electron chi connectivity index (χ2n) is 8.87. The second kappa shape index (κ2) is 13.8. The number of carbonyl (C=O) groups is 2. The number of amides is 2. The molecule has 0 aliphatic heterocycles. The molecule has 0 saturated carbocycles. The summed E-state index contributed by atoms with van der Waals surface area (Å²) in [5.41, 5.74) is 1.86. The molecule has 0 bridgehead atoms. The summed E-state index contributed by atoms with van der Waals surface area (Å²) in [5, 5.41) is 3.11. The Bertz CT molecular complexity index is 1350. The van der Waals surface area contributed by atoms with Crippen LogP contribution in [-0.4, -0.2) is 50.5 Å². The van der Waals surface area contributed by atoms with Crippen molar-refractivity contribution in [1.82, 2.24) is 10.2 Å². The largest absolute Gasteiger partial charge is 0.354 e. The summed E-state index contributed by atoms with van der Waals surface area (Å²) < 4.78 is 27.4. The Hall–Kier alpha value is -2.88. The number of benzene rings is 3. The maximum atomic E-state index is 14.0. The average Bonchev–Trinajstić information content (AvgIpc) is 2.88. The SMILES string of the molecule is CCCNC(=O)C(Cc1ccccc1)N(Cc1cccc(Br)c1)C(=O)CN(c1ccccc1Cl)S(C)(=O)=O. The first kappa shape index (κ1) is 29.7. The van der Waals surface area contributed by atoms with Crippen molar-refractivity contribution in [1.29, 1.82) is 0 Å². The number of hydrogen-bond donors (Lipinski definition) is 1. The standard InChI is InChI=1S/C28H31BrClN3O4S/c1-3-16-31-28(35)26(18-21-10-5-4-6-11-21)32(19-22-12-9-13-23(29)17-22)27(34)20-33(38(2,36)37)25-15-8-7-14-24(25)30/h4-15,17,26H,3,16,18-20H2,1-2H3,(H,31,35). The molecule has 38 heavy (non-hydrogen) atoms. The third-order valence-electron chi connectivity index (χ3n) is 5.86. The van der Waals surface area contributed by atoms with Crippen molar-refractivity contribution in [2.24, 2.45) is 0 Å². The zero-order chi connectivity index (χ0) is 27.7. The van der Waals surface area contributed by atoms with Gasteiger partial charge in [-0.2, -0.15) is 0 Å². The normalized spacial score (nSPS) is 12.0. The van der Waals surface area contributed by atoms with E-state index < -0.39 is 28.5 Å². The molecule has 1 N–H and O–H groups in total. The molecule has 0 fully saturated rings. The number of hydrogen-bond acceptors (Lipinski definition) is 4.